The summed E-state index contributed by atoms with van der Waals surface area (Å²) in [6.07, 6.45) is 0.671. The second kappa shape index (κ2) is 9.28. The van der Waals surface area contributed by atoms with Crippen LogP contribution in [0.4, 0.5) is 13.9 Å². The van der Waals surface area contributed by atoms with Gasteiger partial charge in [-0.25, -0.2) is 13.8 Å². The van der Waals surface area contributed by atoms with Crippen molar-refractivity contribution in [2.24, 2.45) is 0 Å². The molecule has 0 aliphatic heterocycles. The molecule has 1 amide bonds. The normalized spacial score (nSPS) is 11.2. The highest BCUT2D eigenvalue weighted by atomic mass is 32.1. The third-order valence-corrected chi connectivity index (χ3v) is 5.41. The number of rotatable bonds is 8. The number of halogens is 2. The summed E-state index contributed by atoms with van der Waals surface area (Å²) in [6, 6.07) is 8.91. The molecular weight excluding hydrogens is 396 g/mol. The molecule has 8 heteroatoms. The average Bonchev–Trinajstić information content (AvgIpc) is 3.08. The van der Waals surface area contributed by atoms with Crippen molar-refractivity contribution in [1.82, 2.24) is 4.98 Å². The van der Waals surface area contributed by atoms with Crippen LogP contribution in [-0.2, 0) is 0 Å². The third-order valence-electron chi connectivity index (χ3n) is 4.37. The minimum atomic E-state index is -0.877. The Morgan fingerprint density at radius 3 is 2.59 bits per heavy atom. The number of aromatic nitrogens is 1. The van der Waals surface area contributed by atoms with Crippen LogP contribution in [0.15, 0.2) is 36.4 Å². The molecule has 0 atom stereocenters. The molecule has 0 spiro atoms. The number of nitrogens with one attached hydrogen (secondary N) is 1. The molecule has 0 saturated carbocycles. The number of carbonyl (C=O) groups is 1. The number of thiazole rings is 1. The van der Waals surface area contributed by atoms with Gasteiger partial charge in [0.15, 0.2) is 5.13 Å². The van der Waals surface area contributed by atoms with E-state index in [1.807, 2.05) is 39.2 Å². The minimum absolute atomic E-state index is 0.315. The first kappa shape index (κ1) is 21.1. The van der Waals surface area contributed by atoms with Gasteiger partial charge in [0.05, 0.1) is 37.5 Å². The second-order valence-electron chi connectivity index (χ2n) is 6.92. The average molecular weight is 421 g/mol. The lowest BCUT2D eigenvalue weighted by molar-refractivity contribution is -0.858. The first-order chi connectivity index (χ1) is 13.9. The number of carbonyl (C=O) groups excluding carboxylic acids is 1. The van der Waals surface area contributed by atoms with Crippen molar-refractivity contribution < 1.29 is 23.2 Å². The van der Waals surface area contributed by atoms with Gasteiger partial charge in [-0.1, -0.05) is 17.4 Å². The van der Waals surface area contributed by atoms with E-state index in [-0.39, 0.29) is 0 Å². The SMILES string of the molecule is CCOc1ccc2nc(N(CCC[NH+](C)C)C(=O)c3c(F)cccc3F)sc2c1. The summed E-state index contributed by atoms with van der Waals surface area (Å²) >= 11 is 1.30. The van der Waals surface area contributed by atoms with Gasteiger partial charge in [0.1, 0.15) is 22.9 Å². The quantitative estimate of drug-likeness (QED) is 0.609. The zero-order valence-electron chi connectivity index (χ0n) is 16.7. The van der Waals surface area contributed by atoms with E-state index in [2.05, 4.69) is 4.98 Å². The van der Waals surface area contributed by atoms with Crippen LogP contribution in [0.3, 0.4) is 0 Å². The Hall–Kier alpha value is -2.58. The summed E-state index contributed by atoms with van der Waals surface area (Å²) in [7, 11) is 4.02. The van der Waals surface area contributed by atoms with Gasteiger partial charge in [-0.2, -0.15) is 0 Å². The summed E-state index contributed by atoms with van der Waals surface area (Å²) in [5, 5.41) is 0.412. The molecule has 1 heterocycles. The molecule has 0 radical (unpaired) electrons. The fraction of sp³-hybridized carbons (Fsp3) is 0.333. The van der Waals surface area contributed by atoms with E-state index in [1.54, 1.807) is 0 Å². The molecule has 2 aromatic carbocycles. The van der Waals surface area contributed by atoms with Crippen LogP contribution < -0.4 is 14.5 Å². The number of benzene rings is 2. The third kappa shape index (κ3) is 4.89. The van der Waals surface area contributed by atoms with Crippen molar-refractivity contribution in [3.63, 3.8) is 0 Å². The van der Waals surface area contributed by atoms with Gasteiger partial charge in [-0.15, -0.1) is 0 Å². The molecule has 154 valence electrons. The fourth-order valence-electron chi connectivity index (χ4n) is 2.98. The summed E-state index contributed by atoms with van der Waals surface area (Å²) < 4.78 is 34.9. The Labute approximate surface area is 172 Å². The standard InChI is InChI=1S/C21H23F2N3O2S/c1-4-28-14-9-10-17-18(13-14)29-21(24-17)26(12-6-11-25(2)3)20(27)19-15(22)7-5-8-16(19)23/h5,7-10,13H,4,6,11-12H2,1-3H3/p+1. The van der Waals surface area contributed by atoms with Crippen LogP contribution in [0.25, 0.3) is 10.2 Å². The molecule has 0 fully saturated rings. The topological polar surface area (TPSA) is 46.9 Å². The molecule has 0 saturated heterocycles. The molecule has 3 rings (SSSR count). The van der Waals surface area contributed by atoms with Crippen molar-refractivity contribution in [1.29, 1.82) is 0 Å². The van der Waals surface area contributed by atoms with Crippen LogP contribution in [0.1, 0.15) is 23.7 Å². The predicted octanol–water partition coefficient (Wildman–Crippen LogP) is 3.15. The lowest BCUT2D eigenvalue weighted by Gasteiger charge is -2.21. The van der Waals surface area contributed by atoms with Gasteiger partial charge in [0.25, 0.3) is 5.91 Å². The second-order valence-corrected chi connectivity index (χ2v) is 7.93. The monoisotopic (exact) mass is 420 g/mol. The minimum Gasteiger partial charge on any atom is -0.494 e. The van der Waals surface area contributed by atoms with Crippen LogP contribution in [-0.4, -0.2) is 44.7 Å². The lowest BCUT2D eigenvalue weighted by Crippen LogP contribution is -3.05. The molecule has 3 aromatic rings. The number of quaternary nitrogens is 1. The Morgan fingerprint density at radius 2 is 1.93 bits per heavy atom. The smallest absolute Gasteiger partial charge is 0.266 e. The summed E-state index contributed by atoms with van der Waals surface area (Å²) in [6.45, 7) is 3.57. The zero-order chi connectivity index (χ0) is 21.0. The van der Waals surface area contributed by atoms with E-state index < -0.39 is 23.1 Å². The Balaban J connectivity index is 1.98. The summed E-state index contributed by atoms with van der Waals surface area (Å²) in [5.41, 5.74) is 0.150. The Morgan fingerprint density at radius 1 is 1.21 bits per heavy atom. The van der Waals surface area contributed by atoms with Crippen LogP contribution in [0.2, 0.25) is 0 Å². The number of hydrogen-bond acceptors (Lipinski definition) is 4. The van der Waals surface area contributed by atoms with E-state index >= 15 is 0 Å². The molecular formula is C21H24F2N3O2S+. The molecule has 5 nitrogen and oxygen atoms in total. The molecule has 29 heavy (non-hydrogen) atoms. The van der Waals surface area contributed by atoms with E-state index in [0.717, 1.165) is 23.4 Å². The molecule has 1 N–H and O–H groups in total. The molecule has 0 aliphatic carbocycles. The van der Waals surface area contributed by atoms with Crippen molar-refractivity contribution in [3.8, 4) is 5.75 Å². The number of nitrogens with zero attached hydrogens (tertiary/aromatic N) is 2. The van der Waals surface area contributed by atoms with E-state index in [9.17, 15) is 13.6 Å². The maximum Gasteiger partial charge on any atom is 0.266 e. The maximum absolute atomic E-state index is 14.2. The number of ether oxygens (including phenoxy) is 1. The number of fused-ring (bicyclic) bond motifs is 1. The van der Waals surface area contributed by atoms with Crippen molar-refractivity contribution in [2.45, 2.75) is 13.3 Å². The molecule has 0 aliphatic rings. The fourth-order valence-corrected chi connectivity index (χ4v) is 3.99. The molecule has 0 unspecified atom stereocenters. The first-order valence-electron chi connectivity index (χ1n) is 9.49. The van der Waals surface area contributed by atoms with Crippen molar-refractivity contribution in [2.75, 3.05) is 38.7 Å². The summed E-state index contributed by atoms with van der Waals surface area (Å²) in [5.74, 6) is -1.76. The van der Waals surface area contributed by atoms with Gasteiger partial charge >= 0.3 is 0 Å². The molecule has 1 aromatic heterocycles. The van der Waals surface area contributed by atoms with Crippen molar-refractivity contribution in [3.05, 3.63) is 53.6 Å². The summed E-state index contributed by atoms with van der Waals surface area (Å²) in [4.78, 5) is 20.2. The highest BCUT2D eigenvalue weighted by Crippen LogP contribution is 2.32. The van der Waals surface area contributed by atoms with Gasteiger partial charge in [-0.05, 0) is 37.3 Å². The van der Waals surface area contributed by atoms with E-state index in [4.69, 9.17) is 4.74 Å². The Kier molecular flexibility index (Phi) is 6.76. The lowest BCUT2D eigenvalue weighted by atomic mass is 10.1. The van der Waals surface area contributed by atoms with Crippen molar-refractivity contribution >= 4 is 32.6 Å². The maximum atomic E-state index is 14.2. The zero-order valence-corrected chi connectivity index (χ0v) is 17.5. The van der Waals surface area contributed by atoms with Crippen LogP contribution >= 0.6 is 11.3 Å². The first-order valence-corrected chi connectivity index (χ1v) is 10.3. The van der Waals surface area contributed by atoms with Crippen LogP contribution in [0, 0.1) is 11.6 Å². The highest BCUT2D eigenvalue weighted by molar-refractivity contribution is 7.22. The highest BCUT2D eigenvalue weighted by Gasteiger charge is 2.26. The van der Waals surface area contributed by atoms with Crippen LogP contribution in [0.5, 0.6) is 5.75 Å². The largest absolute Gasteiger partial charge is 0.494 e. The number of anilines is 1. The van der Waals surface area contributed by atoms with Gasteiger partial charge in [0.2, 0.25) is 0 Å². The van der Waals surface area contributed by atoms with E-state index in [1.165, 1.54) is 27.2 Å². The van der Waals surface area contributed by atoms with Gasteiger partial charge in [0, 0.05) is 13.0 Å². The molecule has 0 bridgehead atoms. The number of amides is 1. The Bertz CT molecular complexity index is 987. The van der Waals surface area contributed by atoms with Gasteiger partial charge in [-0.3, -0.25) is 9.69 Å². The predicted molar refractivity (Wildman–Crippen MR) is 111 cm³/mol. The number of hydrogen-bond donors (Lipinski definition) is 1. The van der Waals surface area contributed by atoms with Gasteiger partial charge < -0.3 is 9.64 Å². The van der Waals surface area contributed by atoms with E-state index in [0.29, 0.717) is 36.0 Å².